The number of carbonyl (C=O) groups excluding carboxylic acids is 1. The zero-order chi connectivity index (χ0) is 17.9. The standard InChI is InChI=1S/C14H19N3O7/c1-3-6-23-13(21)16-9-4-5-17(12(20)15-9)11-14(2,22)10(19)8(7-18)24-11/h3-5,8,10-11,18-19,22H,1,6-7H2,2H3,(H,15,16,20,21)/t8-,10-,11-,14-/m1/s1. The summed E-state index contributed by atoms with van der Waals surface area (Å²) in [6.45, 7) is 4.15. The number of nitrogens with zero attached hydrogens (tertiary/aromatic N) is 2. The van der Waals surface area contributed by atoms with Crippen LogP contribution >= 0.6 is 0 Å². The molecule has 4 atom stereocenters. The Balaban J connectivity index is 2.20. The van der Waals surface area contributed by atoms with Crippen molar-refractivity contribution in [1.82, 2.24) is 9.55 Å². The zero-order valence-electron chi connectivity index (χ0n) is 13.0. The van der Waals surface area contributed by atoms with Crippen molar-refractivity contribution >= 4 is 11.9 Å². The maximum atomic E-state index is 12.1. The van der Waals surface area contributed by atoms with Crippen molar-refractivity contribution in [2.75, 3.05) is 18.5 Å². The Labute approximate surface area is 137 Å². The number of aliphatic hydroxyl groups excluding tert-OH is 2. The van der Waals surface area contributed by atoms with E-state index in [4.69, 9.17) is 14.6 Å². The summed E-state index contributed by atoms with van der Waals surface area (Å²) in [5.74, 6) is -0.0535. The Morgan fingerprint density at radius 3 is 2.92 bits per heavy atom. The summed E-state index contributed by atoms with van der Waals surface area (Å²) in [4.78, 5) is 27.2. The van der Waals surface area contributed by atoms with Crippen LogP contribution < -0.4 is 11.0 Å². The molecule has 0 bridgehead atoms. The number of aromatic nitrogens is 2. The largest absolute Gasteiger partial charge is 0.445 e. The number of ether oxygens (including phenoxy) is 2. The van der Waals surface area contributed by atoms with Gasteiger partial charge >= 0.3 is 11.8 Å². The fourth-order valence-electron chi connectivity index (χ4n) is 2.33. The van der Waals surface area contributed by atoms with Crippen LogP contribution in [0.1, 0.15) is 13.2 Å². The first kappa shape index (κ1) is 18.1. The number of nitrogens with one attached hydrogen (secondary N) is 1. The fraction of sp³-hybridized carbons (Fsp3) is 0.500. The van der Waals surface area contributed by atoms with Gasteiger partial charge in [0.15, 0.2) is 6.23 Å². The monoisotopic (exact) mass is 341 g/mol. The Bertz CT molecular complexity index is 673. The van der Waals surface area contributed by atoms with E-state index >= 15 is 0 Å². The van der Waals surface area contributed by atoms with Crippen LogP contribution in [0, 0.1) is 0 Å². The van der Waals surface area contributed by atoms with Crippen molar-refractivity contribution in [2.24, 2.45) is 0 Å². The van der Waals surface area contributed by atoms with E-state index in [9.17, 15) is 19.8 Å². The molecule has 1 aliphatic rings. The quantitative estimate of drug-likeness (QED) is 0.498. The van der Waals surface area contributed by atoms with Gasteiger partial charge in [0, 0.05) is 6.20 Å². The third-order valence-electron chi connectivity index (χ3n) is 3.58. The van der Waals surface area contributed by atoms with Crippen LogP contribution in [0.5, 0.6) is 0 Å². The minimum atomic E-state index is -1.81. The molecule has 1 aromatic heterocycles. The zero-order valence-corrected chi connectivity index (χ0v) is 13.0. The Hall–Kier alpha value is -2.27. The van der Waals surface area contributed by atoms with Crippen molar-refractivity contribution < 1.29 is 29.6 Å². The molecule has 0 aromatic carbocycles. The van der Waals surface area contributed by atoms with Crippen molar-refractivity contribution in [1.29, 1.82) is 0 Å². The van der Waals surface area contributed by atoms with Gasteiger partial charge in [-0.15, -0.1) is 0 Å². The van der Waals surface area contributed by atoms with Crippen LogP contribution in [-0.2, 0) is 9.47 Å². The molecule has 1 aromatic rings. The van der Waals surface area contributed by atoms with Crippen molar-refractivity contribution in [3.05, 3.63) is 35.4 Å². The van der Waals surface area contributed by atoms with Crippen molar-refractivity contribution in [3.63, 3.8) is 0 Å². The summed E-state index contributed by atoms with van der Waals surface area (Å²) in [7, 11) is 0. The lowest BCUT2D eigenvalue weighted by Crippen LogP contribution is -2.46. The SMILES string of the molecule is C=CCOC(=O)Nc1ccn([C@@H]2O[C@H](CO)[C@@H](O)[C@@]2(C)O)c(=O)n1. The number of amides is 1. The third kappa shape index (κ3) is 3.46. The van der Waals surface area contributed by atoms with Crippen molar-refractivity contribution in [3.8, 4) is 0 Å². The summed E-state index contributed by atoms with van der Waals surface area (Å²) in [5, 5.41) is 31.7. The second-order valence-corrected chi connectivity index (χ2v) is 5.39. The minimum absolute atomic E-state index is 0.00210. The lowest BCUT2D eigenvalue weighted by Gasteiger charge is -2.27. The molecule has 1 aliphatic heterocycles. The average Bonchev–Trinajstić information content (AvgIpc) is 2.76. The molecule has 10 nitrogen and oxygen atoms in total. The van der Waals surface area contributed by atoms with E-state index in [2.05, 4.69) is 16.9 Å². The predicted octanol–water partition coefficient (Wildman–Crippen LogP) is -1.02. The van der Waals surface area contributed by atoms with Crippen LogP contribution in [0.15, 0.2) is 29.7 Å². The number of carbonyl (C=O) groups is 1. The number of rotatable bonds is 5. The molecular formula is C14H19N3O7. The highest BCUT2D eigenvalue weighted by molar-refractivity contribution is 5.83. The van der Waals surface area contributed by atoms with Crippen molar-refractivity contribution in [2.45, 2.75) is 31.0 Å². The molecule has 2 heterocycles. The van der Waals surface area contributed by atoms with E-state index < -0.39 is 42.4 Å². The molecule has 24 heavy (non-hydrogen) atoms. The first-order valence-corrected chi connectivity index (χ1v) is 7.12. The number of aliphatic hydroxyl groups is 3. The van der Waals surface area contributed by atoms with Gasteiger partial charge in [0.1, 0.15) is 30.2 Å². The first-order valence-electron chi connectivity index (χ1n) is 7.12. The van der Waals surface area contributed by atoms with E-state index in [1.54, 1.807) is 0 Å². The van der Waals surface area contributed by atoms with Gasteiger partial charge < -0.3 is 24.8 Å². The van der Waals surface area contributed by atoms with E-state index in [0.717, 1.165) is 4.57 Å². The van der Waals surface area contributed by atoms with Gasteiger partial charge in [-0.2, -0.15) is 4.98 Å². The second-order valence-electron chi connectivity index (χ2n) is 5.39. The van der Waals surface area contributed by atoms with Gasteiger partial charge in [-0.25, -0.2) is 9.59 Å². The molecule has 2 rings (SSSR count). The van der Waals surface area contributed by atoms with E-state index in [-0.39, 0.29) is 12.4 Å². The summed E-state index contributed by atoms with van der Waals surface area (Å²) in [5.41, 5.74) is -2.64. The molecule has 132 valence electrons. The maximum absolute atomic E-state index is 12.1. The van der Waals surface area contributed by atoms with Crippen LogP contribution in [0.3, 0.4) is 0 Å². The molecule has 0 spiro atoms. The third-order valence-corrected chi connectivity index (χ3v) is 3.58. The second kappa shape index (κ2) is 7.09. The number of anilines is 1. The summed E-state index contributed by atoms with van der Waals surface area (Å²) < 4.78 is 11.0. The molecule has 1 fully saturated rings. The molecule has 1 saturated heterocycles. The fourth-order valence-corrected chi connectivity index (χ4v) is 2.33. The summed E-state index contributed by atoms with van der Waals surface area (Å²) in [6, 6.07) is 1.30. The molecule has 0 saturated carbocycles. The smallest absolute Gasteiger partial charge is 0.413 e. The van der Waals surface area contributed by atoms with E-state index in [1.165, 1.54) is 25.3 Å². The Kier molecular flexibility index (Phi) is 5.34. The maximum Gasteiger partial charge on any atom is 0.413 e. The highest BCUT2D eigenvalue weighted by Crippen LogP contribution is 2.37. The predicted molar refractivity (Wildman–Crippen MR) is 81.3 cm³/mol. The number of hydrogen-bond donors (Lipinski definition) is 4. The summed E-state index contributed by atoms with van der Waals surface area (Å²) in [6.07, 6.45) is -1.85. The molecule has 1 amide bonds. The van der Waals surface area contributed by atoms with Gasteiger partial charge in [0.05, 0.1) is 6.61 Å². The minimum Gasteiger partial charge on any atom is -0.445 e. The highest BCUT2D eigenvalue weighted by atomic mass is 16.6. The Morgan fingerprint density at radius 1 is 1.67 bits per heavy atom. The lowest BCUT2D eigenvalue weighted by molar-refractivity contribution is -0.0986. The average molecular weight is 341 g/mol. The molecule has 4 N–H and O–H groups in total. The van der Waals surface area contributed by atoms with Crippen LogP contribution in [0.2, 0.25) is 0 Å². The van der Waals surface area contributed by atoms with Crippen LogP contribution in [0.25, 0.3) is 0 Å². The molecular weight excluding hydrogens is 322 g/mol. The van der Waals surface area contributed by atoms with E-state index in [0.29, 0.717) is 0 Å². The van der Waals surface area contributed by atoms with Gasteiger partial charge in [-0.05, 0) is 13.0 Å². The van der Waals surface area contributed by atoms with Crippen LogP contribution in [0.4, 0.5) is 10.6 Å². The van der Waals surface area contributed by atoms with E-state index in [1.807, 2.05) is 0 Å². The first-order chi connectivity index (χ1) is 11.3. The molecule has 0 radical (unpaired) electrons. The summed E-state index contributed by atoms with van der Waals surface area (Å²) >= 11 is 0. The van der Waals surface area contributed by atoms with Gasteiger partial charge in [-0.3, -0.25) is 9.88 Å². The van der Waals surface area contributed by atoms with Gasteiger partial charge in [0.2, 0.25) is 0 Å². The topological polar surface area (TPSA) is 143 Å². The van der Waals surface area contributed by atoms with Gasteiger partial charge in [0.25, 0.3) is 0 Å². The van der Waals surface area contributed by atoms with Crippen LogP contribution in [-0.4, -0.2) is 62.0 Å². The van der Waals surface area contributed by atoms with Gasteiger partial charge in [-0.1, -0.05) is 12.7 Å². The Morgan fingerprint density at radius 2 is 2.38 bits per heavy atom. The highest BCUT2D eigenvalue weighted by Gasteiger charge is 2.53. The normalized spacial score (nSPS) is 29.2. The molecule has 0 aliphatic carbocycles. The molecule has 0 unspecified atom stereocenters. The lowest BCUT2D eigenvalue weighted by atomic mass is 9.96. The number of hydrogen-bond acceptors (Lipinski definition) is 8. The molecule has 10 heteroatoms.